The Hall–Kier alpha value is -2.99. The fraction of sp³-hybridized carbons (Fsp3) is 0.136. The molecule has 0 N–H and O–H groups in total. The van der Waals surface area contributed by atoms with Gasteiger partial charge < -0.3 is 9.47 Å². The molecule has 1 amide bonds. The highest BCUT2D eigenvalue weighted by molar-refractivity contribution is 9.10. The molecule has 5 nitrogen and oxygen atoms in total. The average molecular weight is 435 g/mol. The van der Waals surface area contributed by atoms with E-state index >= 15 is 0 Å². The first-order chi connectivity index (χ1) is 13.6. The van der Waals surface area contributed by atoms with Crippen LogP contribution in [0.5, 0.6) is 0 Å². The van der Waals surface area contributed by atoms with E-state index in [-0.39, 0.29) is 5.91 Å². The standard InChI is InChI=1S/C22H19BrN4O/c1-26(22(28)19-7-4-5-13-24-19)15-21-25-18-6-2-3-8-20(18)27(21)14-16-9-11-17(23)12-10-16/h2-13H,14-15H2,1H3. The number of nitrogens with zero attached hydrogens (tertiary/aromatic N) is 4. The molecule has 6 heteroatoms. The van der Waals surface area contributed by atoms with E-state index in [0.717, 1.165) is 21.3 Å². The molecular weight excluding hydrogens is 416 g/mol. The molecule has 0 saturated heterocycles. The molecule has 0 aliphatic rings. The fourth-order valence-electron chi connectivity index (χ4n) is 3.16. The van der Waals surface area contributed by atoms with E-state index in [4.69, 9.17) is 4.98 Å². The maximum absolute atomic E-state index is 12.7. The summed E-state index contributed by atoms with van der Waals surface area (Å²) in [4.78, 5) is 23.3. The van der Waals surface area contributed by atoms with Gasteiger partial charge in [0.15, 0.2) is 0 Å². The number of benzene rings is 2. The Kier molecular flexibility index (Phi) is 5.21. The summed E-state index contributed by atoms with van der Waals surface area (Å²) in [6.45, 7) is 1.09. The van der Waals surface area contributed by atoms with Crippen molar-refractivity contribution in [3.8, 4) is 0 Å². The van der Waals surface area contributed by atoms with Gasteiger partial charge in [0.2, 0.25) is 0 Å². The van der Waals surface area contributed by atoms with Crippen LogP contribution in [0.1, 0.15) is 21.9 Å². The smallest absolute Gasteiger partial charge is 0.272 e. The summed E-state index contributed by atoms with van der Waals surface area (Å²) < 4.78 is 3.22. The van der Waals surface area contributed by atoms with Crippen molar-refractivity contribution >= 4 is 32.9 Å². The molecule has 2 aromatic carbocycles. The highest BCUT2D eigenvalue weighted by Crippen LogP contribution is 2.20. The highest BCUT2D eigenvalue weighted by atomic mass is 79.9. The first kappa shape index (κ1) is 18.4. The van der Waals surface area contributed by atoms with Gasteiger partial charge in [-0.1, -0.05) is 46.3 Å². The van der Waals surface area contributed by atoms with Crippen LogP contribution in [0.25, 0.3) is 11.0 Å². The maximum atomic E-state index is 12.7. The molecule has 0 aliphatic carbocycles. The molecule has 4 rings (SSSR count). The van der Waals surface area contributed by atoms with Crippen LogP contribution < -0.4 is 0 Å². The summed E-state index contributed by atoms with van der Waals surface area (Å²) in [7, 11) is 1.78. The second-order valence-corrected chi connectivity index (χ2v) is 7.52. The van der Waals surface area contributed by atoms with Gasteiger partial charge in [0.05, 0.1) is 17.6 Å². The zero-order valence-corrected chi connectivity index (χ0v) is 17.0. The summed E-state index contributed by atoms with van der Waals surface area (Å²) in [5.41, 5.74) is 3.58. The van der Waals surface area contributed by atoms with Crippen molar-refractivity contribution in [1.82, 2.24) is 19.4 Å². The van der Waals surface area contributed by atoms with Gasteiger partial charge in [0.25, 0.3) is 5.91 Å². The van der Waals surface area contributed by atoms with Crippen LogP contribution in [-0.2, 0) is 13.1 Å². The maximum Gasteiger partial charge on any atom is 0.272 e. The number of imidazole rings is 1. The average Bonchev–Trinajstić information content (AvgIpc) is 3.06. The Morgan fingerprint density at radius 1 is 1.04 bits per heavy atom. The van der Waals surface area contributed by atoms with E-state index in [0.29, 0.717) is 18.8 Å². The minimum absolute atomic E-state index is 0.122. The lowest BCUT2D eigenvalue weighted by Gasteiger charge is -2.18. The summed E-state index contributed by atoms with van der Waals surface area (Å²) in [6, 6.07) is 21.6. The number of hydrogen-bond acceptors (Lipinski definition) is 3. The van der Waals surface area contributed by atoms with Gasteiger partial charge in [-0.3, -0.25) is 9.78 Å². The largest absolute Gasteiger partial charge is 0.333 e. The van der Waals surface area contributed by atoms with Crippen molar-refractivity contribution < 1.29 is 4.79 Å². The summed E-state index contributed by atoms with van der Waals surface area (Å²) in [5, 5.41) is 0. The predicted octanol–water partition coefficient (Wildman–Crippen LogP) is 4.51. The second-order valence-electron chi connectivity index (χ2n) is 6.61. The molecule has 0 atom stereocenters. The normalized spacial score (nSPS) is 10.9. The van der Waals surface area contributed by atoms with E-state index in [1.165, 1.54) is 5.56 Å². The monoisotopic (exact) mass is 434 g/mol. The van der Waals surface area contributed by atoms with Gasteiger partial charge in [-0.2, -0.15) is 0 Å². The fourth-order valence-corrected chi connectivity index (χ4v) is 3.43. The van der Waals surface area contributed by atoms with Gasteiger partial charge in [-0.05, 0) is 42.0 Å². The van der Waals surface area contributed by atoms with Gasteiger partial charge in [0.1, 0.15) is 11.5 Å². The molecule has 2 heterocycles. The van der Waals surface area contributed by atoms with E-state index < -0.39 is 0 Å². The van der Waals surface area contributed by atoms with Crippen molar-refractivity contribution in [2.24, 2.45) is 0 Å². The van der Waals surface area contributed by atoms with Gasteiger partial charge in [-0.25, -0.2) is 4.98 Å². The van der Waals surface area contributed by atoms with Gasteiger partial charge in [-0.15, -0.1) is 0 Å². The van der Waals surface area contributed by atoms with E-state index in [9.17, 15) is 4.79 Å². The molecule has 0 fully saturated rings. The van der Waals surface area contributed by atoms with Crippen LogP contribution >= 0.6 is 15.9 Å². The molecule has 0 bridgehead atoms. The highest BCUT2D eigenvalue weighted by Gasteiger charge is 2.17. The minimum Gasteiger partial charge on any atom is -0.333 e. The number of para-hydroxylation sites is 2. The number of fused-ring (bicyclic) bond motifs is 1. The second kappa shape index (κ2) is 7.94. The number of carbonyl (C=O) groups is 1. The number of amides is 1. The Bertz CT molecular complexity index is 1110. The number of pyridine rings is 1. The molecule has 0 unspecified atom stereocenters. The lowest BCUT2D eigenvalue weighted by molar-refractivity contribution is 0.0774. The Morgan fingerprint density at radius 2 is 1.79 bits per heavy atom. The number of rotatable bonds is 5. The number of aromatic nitrogens is 3. The minimum atomic E-state index is -0.122. The molecule has 0 saturated carbocycles. The number of halogens is 1. The van der Waals surface area contributed by atoms with Gasteiger partial charge in [0, 0.05) is 24.3 Å². The van der Waals surface area contributed by atoms with Crippen LogP contribution in [0.15, 0.2) is 77.4 Å². The molecule has 2 aromatic heterocycles. The Balaban J connectivity index is 1.66. The molecule has 0 radical (unpaired) electrons. The van der Waals surface area contributed by atoms with E-state index in [2.05, 4.69) is 43.7 Å². The Labute approximate surface area is 171 Å². The SMILES string of the molecule is CN(Cc1nc2ccccc2n1Cc1ccc(Br)cc1)C(=O)c1ccccn1. The first-order valence-electron chi connectivity index (χ1n) is 8.97. The Morgan fingerprint density at radius 3 is 2.54 bits per heavy atom. The zero-order chi connectivity index (χ0) is 19.5. The molecular formula is C22H19BrN4O. The van der Waals surface area contributed by atoms with Crippen LogP contribution in [0.2, 0.25) is 0 Å². The summed E-state index contributed by atoms with van der Waals surface area (Å²) >= 11 is 3.48. The summed E-state index contributed by atoms with van der Waals surface area (Å²) in [5.74, 6) is 0.721. The molecule has 28 heavy (non-hydrogen) atoms. The quantitative estimate of drug-likeness (QED) is 0.464. The van der Waals surface area contributed by atoms with Crippen molar-refractivity contribution in [2.75, 3.05) is 7.05 Å². The van der Waals surface area contributed by atoms with Crippen LogP contribution in [0.3, 0.4) is 0 Å². The van der Waals surface area contributed by atoms with Crippen molar-refractivity contribution in [1.29, 1.82) is 0 Å². The molecule has 0 aliphatic heterocycles. The van der Waals surface area contributed by atoms with Crippen LogP contribution in [-0.4, -0.2) is 32.4 Å². The molecule has 4 aromatic rings. The van der Waals surface area contributed by atoms with Crippen molar-refractivity contribution in [3.05, 3.63) is 94.5 Å². The third-order valence-electron chi connectivity index (χ3n) is 4.60. The molecule has 140 valence electrons. The third-order valence-corrected chi connectivity index (χ3v) is 5.13. The van der Waals surface area contributed by atoms with E-state index in [1.807, 2.05) is 36.4 Å². The first-order valence-corrected chi connectivity index (χ1v) is 9.76. The number of hydrogen-bond donors (Lipinski definition) is 0. The van der Waals surface area contributed by atoms with Crippen molar-refractivity contribution in [2.45, 2.75) is 13.1 Å². The summed E-state index contributed by atoms with van der Waals surface area (Å²) in [6.07, 6.45) is 1.63. The predicted molar refractivity (Wildman–Crippen MR) is 113 cm³/mol. The number of carbonyl (C=O) groups excluding carboxylic acids is 1. The molecule has 0 spiro atoms. The zero-order valence-electron chi connectivity index (χ0n) is 15.4. The van der Waals surface area contributed by atoms with Gasteiger partial charge >= 0.3 is 0 Å². The third kappa shape index (κ3) is 3.82. The van der Waals surface area contributed by atoms with E-state index in [1.54, 1.807) is 30.3 Å². The lowest BCUT2D eigenvalue weighted by atomic mass is 10.2. The lowest BCUT2D eigenvalue weighted by Crippen LogP contribution is -2.28. The van der Waals surface area contributed by atoms with Crippen molar-refractivity contribution in [3.63, 3.8) is 0 Å². The van der Waals surface area contributed by atoms with Crippen LogP contribution in [0.4, 0.5) is 0 Å². The topological polar surface area (TPSA) is 51.0 Å². The van der Waals surface area contributed by atoms with Crippen LogP contribution in [0, 0.1) is 0 Å².